The third-order valence-electron chi connectivity index (χ3n) is 6.10. The van der Waals surface area contributed by atoms with Gasteiger partial charge in [0.15, 0.2) is 5.96 Å². The van der Waals surface area contributed by atoms with Gasteiger partial charge in [0.2, 0.25) is 0 Å². The van der Waals surface area contributed by atoms with Crippen molar-refractivity contribution >= 4 is 16.9 Å². The summed E-state index contributed by atoms with van der Waals surface area (Å²) in [7, 11) is 1.87. The molecular formula is C23H34N4O2. The van der Waals surface area contributed by atoms with Crippen LogP contribution in [0, 0.1) is 0 Å². The van der Waals surface area contributed by atoms with E-state index in [-0.39, 0.29) is 0 Å². The van der Waals surface area contributed by atoms with E-state index in [1.165, 1.54) is 29.3 Å². The number of fused-ring (bicyclic) bond motifs is 1. The SMILES string of the molecule is CN=C(NCCc1c[nH]c2ccccc12)N1CCC(OCC2CCCCO2)CC1. The van der Waals surface area contributed by atoms with E-state index in [1.54, 1.807) is 0 Å². The number of hydrogen-bond donors (Lipinski definition) is 2. The first-order valence-electron chi connectivity index (χ1n) is 11.1. The van der Waals surface area contributed by atoms with E-state index in [0.717, 1.165) is 64.5 Å². The summed E-state index contributed by atoms with van der Waals surface area (Å²) in [6, 6.07) is 8.47. The monoisotopic (exact) mass is 398 g/mol. The van der Waals surface area contributed by atoms with Gasteiger partial charge in [-0.05, 0) is 50.2 Å². The van der Waals surface area contributed by atoms with Crippen LogP contribution in [-0.2, 0) is 15.9 Å². The number of aromatic nitrogens is 1. The lowest BCUT2D eigenvalue weighted by Crippen LogP contribution is -2.47. The summed E-state index contributed by atoms with van der Waals surface area (Å²) in [6.45, 7) is 4.51. The first-order chi connectivity index (χ1) is 14.3. The van der Waals surface area contributed by atoms with Crippen LogP contribution >= 0.6 is 0 Å². The van der Waals surface area contributed by atoms with Crippen LogP contribution in [0.4, 0.5) is 0 Å². The van der Waals surface area contributed by atoms with Crippen LogP contribution in [0.2, 0.25) is 0 Å². The Balaban J connectivity index is 1.19. The van der Waals surface area contributed by atoms with Crippen molar-refractivity contribution in [1.82, 2.24) is 15.2 Å². The van der Waals surface area contributed by atoms with Crippen molar-refractivity contribution in [1.29, 1.82) is 0 Å². The molecule has 2 aromatic rings. The molecule has 29 heavy (non-hydrogen) atoms. The summed E-state index contributed by atoms with van der Waals surface area (Å²) in [6.07, 6.45) is 9.46. The molecule has 1 aromatic heterocycles. The molecule has 0 bridgehead atoms. The van der Waals surface area contributed by atoms with E-state index in [2.05, 4.69) is 50.7 Å². The highest BCUT2D eigenvalue weighted by Gasteiger charge is 2.23. The third-order valence-corrected chi connectivity index (χ3v) is 6.10. The fourth-order valence-corrected chi connectivity index (χ4v) is 4.40. The molecule has 1 unspecified atom stereocenters. The number of benzene rings is 1. The molecule has 2 N–H and O–H groups in total. The Bertz CT molecular complexity index is 789. The Kier molecular flexibility index (Phi) is 7.06. The second kappa shape index (κ2) is 10.1. The number of piperidine rings is 1. The van der Waals surface area contributed by atoms with E-state index >= 15 is 0 Å². The first-order valence-corrected chi connectivity index (χ1v) is 11.1. The largest absolute Gasteiger partial charge is 0.376 e. The highest BCUT2D eigenvalue weighted by atomic mass is 16.5. The number of nitrogens with one attached hydrogen (secondary N) is 2. The van der Waals surface area contributed by atoms with Crippen LogP contribution in [0.3, 0.4) is 0 Å². The Labute approximate surface area is 173 Å². The number of likely N-dealkylation sites (tertiary alicyclic amines) is 1. The number of rotatable bonds is 6. The number of guanidine groups is 1. The second-order valence-electron chi connectivity index (χ2n) is 8.09. The molecule has 6 heteroatoms. The van der Waals surface area contributed by atoms with Crippen LogP contribution in [0.1, 0.15) is 37.7 Å². The molecule has 2 fully saturated rings. The van der Waals surface area contributed by atoms with Gasteiger partial charge < -0.3 is 24.7 Å². The van der Waals surface area contributed by atoms with Crippen molar-refractivity contribution in [2.75, 3.05) is 39.9 Å². The van der Waals surface area contributed by atoms with Crippen LogP contribution in [0.15, 0.2) is 35.5 Å². The van der Waals surface area contributed by atoms with Gasteiger partial charge in [-0.1, -0.05) is 18.2 Å². The Morgan fingerprint density at radius 2 is 2.10 bits per heavy atom. The number of hydrogen-bond acceptors (Lipinski definition) is 3. The summed E-state index contributed by atoms with van der Waals surface area (Å²) in [5, 5.41) is 4.85. The first kappa shape index (κ1) is 20.2. The number of para-hydroxylation sites is 1. The van der Waals surface area contributed by atoms with E-state index in [9.17, 15) is 0 Å². The molecule has 0 saturated carbocycles. The van der Waals surface area contributed by atoms with Gasteiger partial charge in [0, 0.05) is 50.4 Å². The van der Waals surface area contributed by atoms with Crippen molar-refractivity contribution < 1.29 is 9.47 Å². The molecule has 2 aliphatic heterocycles. The predicted molar refractivity (Wildman–Crippen MR) is 118 cm³/mol. The minimum absolute atomic E-state index is 0.306. The normalized spacial score (nSPS) is 21.6. The summed E-state index contributed by atoms with van der Waals surface area (Å²) in [5.74, 6) is 0.999. The smallest absolute Gasteiger partial charge is 0.193 e. The molecule has 3 heterocycles. The number of H-pyrrole nitrogens is 1. The van der Waals surface area contributed by atoms with Crippen LogP contribution in [-0.4, -0.2) is 67.9 Å². The predicted octanol–water partition coefficient (Wildman–Crippen LogP) is 3.34. The average Bonchev–Trinajstić information content (AvgIpc) is 3.20. The molecule has 4 rings (SSSR count). The van der Waals surface area contributed by atoms with Crippen molar-refractivity contribution in [2.24, 2.45) is 4.99 Å². The van der Waals surface area contributed by atoms with Gasteiger partial charge in [0.05, 0.1) is 18.8 Å². The van der Waals surface area contributed by atoms with Gasteiger partial charge in [-0.2, -0.15) is 0 Å². The molecule has 0 amide bonds. The van der Waals surface area contributed by atoms with E-state index in [0.29, 0.717) is 12.2 Å². The third kappa shape index (κ3) is 5.31. The zero-order valence-corrected chi connectivity index (χ0v) is 17.5. The minimum atomic E-state index is 0.306. The molecule has 2 aliphatic rings. The maximum absolute atomic E-state index is 6.14. The lowest BCUT2D eigenvalue weighted by Gasteiger charge is -2.35. The Morgan fingerprint density at radius 1 is 1.24 bits per heavy atom. The molecule has 0 radical (unpaired) electrons. The van der Waals surface area contributed by atoms with Crippen LogP contribution in [0.25, 0.3) is 10.9 Å². The maximum Gasteiger partial charge on any atom is 0.193 e. The quantitative estimate of drug-likeness (QED) is 0.579. The molecular weight excluding hydrogens is 364 g/mol. The van der Waals surface area contributed by atoms with Gasteiger partial charge in [0.25, 0.3) is 0 Å². The number of aromatic amines is 1. The van der Waals surface area contributed by atoms with Crippen molar-refractivity contribution in [3.8, 4) is 0 Å². The van der Waals surface area contributed by atoms with Gasteiger partial charge in [0.1, 0.15) is 0 Å². The number of nitrogens with zero attached hydrogens (tertiary/aromatic N) is 2. The maximum atomic E-state index is 6.14. The van der Waals surface area contributed by atoms with Crippen LogP contribution in [0.5, 0.6) is 0 Å². The lowest BCUT2D eigenvalue weighted by atomic mass is 10.1. The fraction of sp³-hybridized carbons (Fsp3) is 0.609. The van der Waals surface area contributed by atoms with Crippen LogP contribution < -0.4 is 5.32 Å². The second-order valence-corrected chi connectivity index (χ2v) is 8.09. The lowest BCUT2D eigenvalue weighted by molar-refractivity contribution is -0.0721. The van der Waals surface area contributed by atoms with Crippen molar-refractivity contribution in [2.45, 2.75) is 50.7 Å². The molecule has 0 spiro atoms. The summed E-state index contributed by atoms with van der Waals surface area (Å²) < 4.78 is 11.9. The van der Waals surface area contributed by atoms with E-state index < -0.39 is 0 Å². The average molecular weight is 399 g/mol. The highest BCUT2D eigenvalue weighted by Crippen LogP contribution is 2.19. The number of ether oxygens (including phenoxy) is 2. The van der Waals surface area contributed by atoms with Gasteiger partial charge >= 0.3 is 0 Å². The van der Waals surface area contributed by atoms with Gasteiger partial charge in [-0.15, -0.1) is 0 Å². The minimum Gasteiger partial charge on any atom is -0.376 e. The zero-order valence-electron chi connectivity index (χ0n) is 17.5. The molecule has 6 nitrogen and oxygen atoms in total. The van der Waals surface area contributed by atoms with Crippen molar-refractivity contribution in [3.63, 3.8) is 0 Å². The molecule has 1 aromatic carbocycles. The summed E-state index contributed by atoms with van der Waals surface area (Å²) in [4.78, 5) is 10.2. The van der Waals surface area contributed by atoms with E-state index in [4.69, 9.17) is 9.47 Å². The highest BCUT2D eigenvalue weighted by molar-refractivity contribution is 5.83. The van der Waals surface area contributed by atoms with Gasteiger partial charge in [-0.25, -0.2) is 0 Å². The topological polar surface area (TPSA) is 61.9 Å². The molecule has 158 valence electrons. The fourth-order valence-electron chi connectivity index (χ4n) is 4.40. The zero-order chi connectivity index (χ0) is 19.9. The summed E-state index contributed by atoms with van der Waals surface area (Å²) >= 11 is 0. The molecule has 2 saturated heterocycles. The standard InChI is InChI=1S/C23H34N4O2/c1-24-23(25-12-9-18-16-26-22-8-3-2-7-21(18)22)27-13-10-19(11-14-27)29-17-20-6-4-5-15-28-20/h2-3,7-8,16,19-20,26H,4-6,9-15,17H2,1H3,(H,24,25). The Hall–Kier alpha value is -2.05. The number of aliphatic imine (C=N–C) groups is 1. The van der Waals surface area contributed by atoms with E-state index in [1.807, 2.05) is 7.05 Å². The summed E-state index contributed by atoms with van der Waals surface area (Å²) in [5.41, 5.74) is 2.55. The van der Waals surface area contributed by atoms with Crippen molar-refractivity contribution in [3.05, 3.63) is 36.0 Å². The Morgan fingerprint density at radius 3 is 2.90 bits per heavy atom. The molecule has 1 atom stereocenters. The molecule has 0 aliphatic carbocycles. The van der Waals surface area contributed by atoms with Gasteiger partial charge in [-0.3, -0.25) is 4.99 Å².